The maximum Gasteiger partial charge on any atom is 0.337 e. The maximum absolute atomic E-state index is 13.7. The quantitative estimate of drug-likeness (QED) is 0.634. The van der Waals surface area contributed by atoms with Crippen LogP contribution in [-0.4, -0.2) is 71.4 Å². The molecular weight excluding hydrogens is 437 g/mol. The molecular formula is C23H25ClFN3O4. The molecule has 2 saturated heterocycles. The van der Waals surface area contributed by atoms with Gasteiger partial charge in [-0.3, -0.25) is 4.79 Å². The number of aliphatic hydroxyl groups excluding tert-OH is 1. The van der Waals surface area contributed by atoms with Crippen molar-refractivity contribution in [2.75, 3.05) is 31.1 Å². The van der Waals surface area contributed by atoms with Crippen molar-refractivity contribution >= 4 is 29.2 Å². The lowest BCUT2D eigenvalue weighted by atomic mass is 10.0. The van der Waals surface area contributed by atoms with Crippen LogP contribution in [0.1, 0.15) is 33.6 Å². The fraction of sp³-hybridized carbons (Fsp3) is 0.391. The molecule has 3 N–H and O–H groups in total. The molecule has 2 aliphatic rings. The van der Waals surface area contributed by atoms with E-state index in [1.54, 1.807) is 29.2 Å². The van der Waals surface area contributed by atoms with Crippen LogP contribution in [0.5, 0.6) is 0 Å². The molecule has 0 aromatic heterocycles. The van der Waals surface area contributed by atoms with Crippen LogP contribution in [0.15, 0.2) is 42.5 Å². The number of hydrogen-bond donors (Lipinski definition) is 3. The minimum absolute atomic E-state index is 0.00766. The number of carboxylic acid groups (broad SMARTS) is 1. The number of aromatic carboxylic acids is 1. The number of likely N-dealkylation sites (tertiary alicyclic amines) is 1. The highest BCUT2D eigenvalue weighted by atomic mass is 35.5. The Labute approximate surface area is 190 Å². The summed E-state index contributed by atoms with van der Waals surface area (Å²) in [5.74, 6) is -1.68. The second-order valence-electron chi connectivity index (χ2n) is 8.29. The topological polar surface area (TPSA) is 93.1 Å². The average molecular weight is 462 g/mol. The molecule has 1 unspecified atom stereocenters. The molecule has 2 fully saturated rings. The fourth-order valence-corrected chi connectivity index (χ4v) is 4.55. The summed E-state index contributed by atoms with van der Waals surface area (Å²) in [6, 6.07) is 10.2. The van der Waals surface area contributed by atoms with Crippen molar-refractivity contribution in [2.45, 2.75) is 31.0 Å². The maximum atomic E-state index is 13.7. The van der Waals surface area contributed by atoms with Crippen molar-refractivity contribution in [1.82, 2.24) is 10.2 Å². The van der Waals surface area contributed by atoms with Gasteiger partial charge in [0.15, 0.2) is 0 Å². The lowest BCUT2D eigenvalue weighted by molar-refractivity contribution is 0.0685. The molecule has 32 heavy (non-hydrogen) atoms. The molecule has 0 radical (unpaired) electrons. The van der Waals surface area contributed by atoms with E-state index in [4.69, 9.17) is 11.6 Å². The number of nitrogens with zero attached hydrogens (tertiary/aromatic N) is 2. The van der Waals surface area contributed by atoms with Crippen molar-refractivity contribution < 1.29 is 24.2 Å². The zero-order chi connectivity index (χ0) is 22.8. The Balaban J connectivity index is 1.34. The van der Waals surface area contributed by atoms with E-state index in [9.17, 15) is 24.2 Å². The Morgan fingerprint density at radius 3 is 2.41 bits per heavy atom. The van der Waals surface area contributed by atoms with Gasteiger partial charge in [-0.05, 0) is 55.3 Å². The molecule has 2 heterocycles. The second-order valence-corrected chi connectivity index (χ2v) is 8.72. The highest BCUT2D eigenvalue weighted by Gasteiger charge is 2.35. The van der Waals surface area contributed by atoms with Crippen molar-refractivity contribution in [3.05, 3.63) is 64.4 Å². The van der Waals surface area contributed by atoms with Gasteiger partial charge >= 0.3 is 5.97 Å². The van der Waals surface area contributed by atoms with Crippen LogP contribution < -0.4 is 10.2 Å². The molecule has 0 bridgehead atoms. The second kappa shape index (κ2) is 9.44. The third-order valence-electron chi connectivity index (χ3n) is 6.14. The molecule has 1 amide bonds. The fourth-order valence-electron chi connectivity index (χ4n) is 4.42. The first-order valence-corrected chi connectivity index (χ1v) is 11.0. The number of rotatable bonds is 5. The Morgan fingerprint density at radius 2 is 1.75 bits per heavy atom. The van der Waals surface area contributed by atoms with Crippen molar-refractivity contribution in [3.8, 4) is 0 Å². The Kier molecular flexibility index (Phi) is 6.64. The highest BCUT2D eigenvalue weighted by molar-refractivity contribution is 6.30. The predicted octanol–water partition coefficient (Wildman–Crippen LogP) is 2.62. The van der Waals surface area contributed by atoms with Gasteiger partial charge in [-0.15, -0.1) is 0 Å². The van der Waals surface area contributed by atoms with Crippen LogP contribution >= 0.6 is 11.6 Å². The zero-order valence-electron chi connectivity index (χ0n) is 17.4. The van der Waals surface area contributed by atoms with Gasteiger partial charge in [0.05, 0.1) is 23.4 Å². The first-order valence-electron chi connectivity index (χ1n) is 10.6. The molecule has 0 spiro atoms. The monoisotopic (exact) mass is 461 g/mol. The van der Waals surface area contributed by atoms with Gasteiger partial charge in [-0.25, -0.2) is 9.18 Å². The van der Waals surface area contributed by atoms with Gasteiger partial charge in [0, 0.05) is 42.8 Å². The summed E-state index contributed by atoms with van der Waals surface area (Å²) in [6.45, 7) is 1.78. The Hall–Kier alpha value is -2.68. The SMILES string of the molecule is O=C(O)c1ccc(F)cc1N1CC(NC2CCN(C(=O)c3ccc(Cl)cc3)CC2)[C@H](O)C1. The van der Waals surface area contributed by atoms with Crippen LogP contribution in [0.3, 0.4) is 0 Å². The molecule has 9 heteroatoms. The number of amides is 1. The molecule has 170 valence electrons. The number of anilines is 1. The molecule has 0 aliphatic carbocycles. The van der Waals surface area contributed by atoms with Gasteiger partial charge in [0.25, 0.3) is 5.91 Å². The smallest absolute Gasteiger partial charge is 0.337 e. The normalized spacial score (nSPS) is 21.7. The van der Waals surface area contributed by atoms with E-state index in [0.29, 0.717) is 30.2 Å². The summed E-state index contributed by atoms with van der Waals surface area (Å²) in [6.07, 6.45) is 0.764. The number of halogens is 2. The van der Waals surface area contributed by atoms with E-state index in [1.807, 2.05) is 4.90 Å². The van der Waals surface area contributed by atoms with Gasteiger partial charge in [-0.2, -0.15) is 0 Å². The highest BCUT2D eigenvalue weighted by Crippen LogP contribution is 2.27. The summed E-state index contributed by atoms with van der Waals surface area (Å²) in [7, 11) is 0. The summed E-state index contributed by atoms with van der Waals surface area (Å²) in [5, 5.41) is 24.0. The molecule has 4 rings (SSSR count). The standard InChI is InChI=1S/C23H25ClFN3O4/c24-15-3-1-14(2-4-15)22(30)27-9-7-17(8-10-27)26-19-12-28(13-21(19)29)20-11-16(25)5-6-18(20)23(31)32/h1-6,11,17,19,21,26,29H,7-10,12-13H2,(H,31,32)/t19?,21-/m1/s1. The number of carboxylic acids is 1. The zero-order valence-corrected chi connectivity index (χ0v) is 18.1. The van der Waals surface area contributed by atoms with Crippen LogP contribution in [0, 0.1) is 5.82 Å². The molecule has 0 saturated carbocycles. The number of benzene rings is 2. The minimum atomic E-state index is -1.14. The van der Waals surface area contributed by atoms with E-state index in [1.165, 1.54) is 12.1 Å². The number of carbonyl (C=O) groups excluding carboxylic acids is 1. The number of nitrogens with one attached hydrogen (secondary N) is 1. The molecule has 2 aliphatic heterocycles. The van der Waals surface area contributed by atoms with E-state index in [0.717, 1.165) is 18.9 Å². The summed E-state index contributed by atoms with van der Waals surface area (Å²) < 4.78 is 13.7. The van der Waals surface area contributed by atoms with E-state index in [2.05, 4.69) is 5.32 Å². The van der Waals surface area contributed by atoms with E-state index >= 15 is 0 Å². The lowest BCUT2D eigenvalue weighted by Gasteiger charge is -2.34. The number of carbonyl (C=O) groups is 2. The van der Waals surface area contributed by atoms with Crippen LogP contribution in [0.4, 0.5) is 10.1 Å². The predicted molar refractivity (Wildman–Crippen MR) is 119 cm³/mol. The lowest BCUT2D eigenvalue weighted by Crippen LogP contribution is -2.50. The van der Waals surface area contributed by atoms with Crippen LogP contribution in [0.25, 0.3) is 0 Å². The minimum Gasteiger partial charge on any atom is -0.478 e. The van der Waals surface area contributed by atoms with Gasteiger partial charge in [0.2, 0.25) is 0 Å². The largest absolute Gasteiger partial charge is 0.478 e. The molecule has 7 nitrogen and oxygen atoms in total. The van der Waals surface area contributed by atoms with Gasteiger partial charge in [0.1, 0.15) is 5.82 Å². The van der Waals surface area contributed by atoms with Gasteiger partial charge < -0.3 is 25.3 Å². The Morgan fingerprint density at radius 1 is 1.06 bits per heavy atom. The molecule has 2 atom stereocenters. The summed E-state index contributed by atoms with van der Waals surface area (Å²) in [5.41, 5.74) is 0.879. The molecule has 2 aromatic rings. The number of piperidine rings is 1. The summed E-state index contributed by atoms with van der Waals surface area (Å²) in [4.78, 5) is 27.7. The molecule has 2 aromatic carbocycles. The Bertz CT molecular complexity index is 995. The van der Waals surface area contributed by atoms with Crippen molar-refractivity contribution in [1.29, 1.82) is 0 Å². The average Bonchev–Trinajstić information content (AvgIpc) is 3.14. The number of hydrogen-bond acceptors (Lipinski definition) is 5. The van der Waals surface area contributed by atoms with Crippen LogP contribution in [0.2, 0.25) is 5.02 Å². The third kappa shape index (κ3) is 4.87. The first kappa shape index (κ1) is 22.5. The van der Waals surface area contributed by atoms with Crippen LogP contribution in [-0.2, 0) is 0 Å². The van der Waals surface area contributed by atoms with E-state index in [-0.39, 0.29) is 35.8 Å². The third-order valence-corrected chi connectivity index (χ3v) is 6.39. The van der Waals surface area contributed by atoms with Gasteiger partial charge in [-0.1, -0.05) is 11.6 Å². The van der Waals surface area contributed by atoms with E-state index < -0.39 is 17.9 Å². The van der Waals surface area contributed by atoms with Crippen molar-refractivity contribution in [2.24, 2.45) is 0 Å². The first-order chi connectivity index (χ1) is 15.3. The van der Waals surface area contributed by atoms with Crippen molar-refractivity contribution in [3.63, 3.8) is 0 Å². The number of β-amino-alcohol motifs (C(OH)–C–C–N with tert-alkyl or cyclic N) is 1. The number of aliphatic hydroxyl groups is 1. The summed E-state index contributed by atoms with van der Waals surface area (Å²) >= 11 is 5.89.